The lowest BCUT2D eigenvalue weighted by atomic mass is 9.80. The molecule has 0 aromatic heterocycles. The van der Waals surface area contributed by atoms with Crippen LogP contribution in [0.2, 0.25) is 5.02 Å². The van der Waals surface area contributed by atoms with E-state index in [1.165, 1.54) is 12.8 Å². The zero-order chi connectivity index (χ0) is 14.9. The van der Waals surface area contributed by atoms with Gasteiger partial charge in [-0.2, -0.15) is 0 Å². The van der Waals surface area contributed by atoms with E-state index in [1.807, 2.05) is 12.1 Å². The molecule has 1 aromatic carbocycles. The molecule has 0 spiro atoms. The molecule has 0 amide bonds. The topological polar surface area (TPSA) is 24.5 Å². The highest BCUT2D eigenvalue weighted by atomic mass is 35.5. The highest BCUT2D eigenvalue weighted by Crippen LogP contribution is 2.52. The number of hydrogen-bond donors (Lipinski definition) is 1. The van der Waals surface area contributed by atoms with E-state index >= 15 is 0 Å². The van der Waals surface area contributed by atoms with Crippen molar-refractivity contribution in [2.24, 2.45) is 5.92 Å². The molecule has 2 fully saturated rings. The Morgan fingerprint density at radius 2 is 2.14 bits per heavy atom. The lowest BCUT2D eigenvalue weighted by Crippen LogP contribution is -2.69. The van der Waals surface area contributed by atoms with Crippen LogP contribution < -0.4 is 10.1 Å². The summed E-state index contributed by atoms with van der Waals surface area (Å²) in [5.41, 5.74) is 1.84. The number of hydrogen-bond acceptors (Lipinski definition) is 2. The summed E-state index contributed by atoms with van der Waals surface area (Å²) in [6.07, 6.45) is 2.40. The van der Waals surface area contributed by atoms with Gasteiger partial charge < -0.3 is 15.0 Å². The van der Waals surface area contributed by atoms with Gasteiger partial charge in [0, 0.05) is 22.5 Å². The molecule has 3 nitrogen and oxygen atoms in total. The molecule has 1 aromatic rings. The van der Waals surface area contributed by atoms with Crippen molar-refractivity contribution in [1.29, 1.82) is 0 Å². The maximum absolute atomic E-state index is 6.51. The molecule has 3 aliphatic rings. The molecule has 21 heavy (non-hydrogen) atoms. The first kappa shape index (κ1) is 13.6. The van der Waals surface area contributed by atoms with Crippen molar-refractivity contribution in [2.75, 3.05) is 0 Å². The van der Waals surface area contributed by atoms with Crippen LogP contribution in [0.25, 0.3) is 0 Å². The van der Waals surface area contributed by atoms with Gasteiger partial charge in [-0.15, -0.1) is 0 Å². The Bertz CT molecular complexity index is 645. The van der Waals surface area contributed by atoms with Crippen LogP contribution >= 0.6 is 23.8 Å². The molecule has 1 saturated carbocycles. The maximum atomic E-state index is 6.51. The van der Waals surface area contributed by atoms with Gasteiger partial charge in [0.15, 0.2) is 10.8 Å². The molecular weight excluding hydrogens is 304 g/mol. The van der Waals surface area contributed by atoms with Crippen LogP contribution in [-0.2, 0) is 0 Å². The van der Waals surface area contributed by atoms with Crippen LogP contribution in [0, 0.1) is 12.8 Å². The normalized spacial score (nSPS) is 34.1. The zero-order valence-corrected chi connectivity index (χ0v) is 14.0. The Labute approximate surface area is 135 Å². The smallest absolute Gasteiger partial charge is 0.187 e. The van der Waals surface area contributed by atoms with Crippen molar-refractivity contribution in [3.63, 3.8) is 0 Å². The minimum atomic E-state index is -0.375. The van der Waals surface area contributed by atoms with Crippen LogP contribution in [-0.4, -0.2) is 21.8 Å². The van der Waals surface area contributed by atoms with E-state index in [9.17, 15) is 0 Å². The predicted molar refractivity (Wildman–Crippen MR) is 87.7 cm³/mol. The van der Waals surface area contributed by atoms with Crippen molar-refractivity contribution in [3.8, 4) is 5.75 Å². The number of thiocarbonyl (C=S) groups is 1. The van der Waals surface area contributed by atoms with Gasteiger partial charge in [-0.05, 0) is 56.6 Å². The molecule has 5 heteroatoms. The number of aryl methyl sites for hydroxylation is 1. The minimum absolute atomic E-state index is 0.165. The summed E-state index contributed by atoms with van der Waals surface area (Å²) in [4.78, 5) is 2.28. The van der Waals surface area contributed by atoms with Crippen molar-refractivity contribution in [3.05, 3.63) is 28.3 Å². The third-order valence-electron chi connectivity index (χ3n) is 5.14. The molecule has 1 saturated heterocycles. The Balaban J connectivity index is 1.88. The molecule has 1 N–H and O–H groups in total. The highest BCUT2D eigenvalue weighted by Gasteiger charge is 2.56. The quantitative estimate of drug-likeness (QED) is 0.795. The van der Waals surface area contributed by atoms with Gasteiger partial charge in [-0.25, -0.2) is 0 Å². The number of ether oxygens (including phenoxy) is 1. The summed E-state index contributed by atoms with van der Waals surface area (Å²) >= 11 is 11.9. The average molecular weight is 323 g/mol. The third kappa shape index (κ3) is 1.82. The molecular formula is C16H19ClN2OS. The number of rotatable bonds is 1. The monoisotopic (exact) mass is 322 g/mol. The molecule has 112 valence electrons. The summed E-state index contributed by atoms with van der Waals surface area (Å²) in [6.45, 7) is 6.46. The van der Waals surface area contributed by atoms with Gasteiger partial charge in [0.25, 0.3) is 0 Å². The van der Waals surface area contributed by atoms with Gasteiger partial charge in [-0.3, -0.25) is 0 Å². The number of benzene rings is 1. The first-order chi connectivity index (χ1) is 9.91. The van der Waals surface area contributed by atoms with E-state index in [-0.39, 0.29) is 11.8 Å². The fourth-order valence-corrected chi connectivity index (χ4v) is 4.48. The van der Waals surface area contributed by atoms with E-state index in [2.05, 4.69) is 31.0 Å². The minimum Gasteiger partial charge on any atom is -0.467 e. The first-order valence-corrected chi connectivity index (χ1v) is 8.29. The van der Waals surface area contributed by atoms with E-state index in [1.54, 1.807) is 0 Å². The van der Waals surface area contributed by atoms with Gasteiger partial charge in [-0.1, -0.05) is 18.5 Å². The molecule has 2 heterocycles. The summed E-state index contributed by atoms with van der Waals surface area (Å²) < 4.78 is 6.51. The Kier molecular flexibility index (Phi) is 2.77. The SMILES string of the molecule is Cc1cc(Cl)cc2c1OC1(C)C(C)C2NC(=S)N1C1CC1. The van der Waals surface area contributed by atoms with Crippen molar-refractivity contribution < 1.29 is 4.74 Å². The molecule has 2 aliphatic heterocycles. The van der Waals surface area contributed by atoms with E-state index in [0.29, 0.717) is 12.0 Å². The molecule has 2 bridgehead atoms. The van der Waals surface area contributed by atoms with Crippen molar-refractivity contribution >= 4 is 28.9 Å². The second-order valence-corrected chi connectivity index (χ2v) is 7.44. The molecule has 1 aliphatic carbocycles. The van der Waals surface area contributed by atoms with Crippen LogP contribution in [0.4, 0.5) is 0 Å². The van der Waals surface area contributed by atoms with Gasteiger partial charge in [0.2, 0.25) is 0 Å². The van der Waals surface area contributed by atoms with Gasteiger partial charge >= 0.3 is 0 Å². The van der Waals surface area contributed by atoms with Crippen LogP contribution in [0.3, 0.4) is 0 Å². The predicted octanol–water partition coefficient (Wildman–Crippen LogP) is 3.79. The Morgan fingerprint density at radius 3 is 2.81 bits per heavy atom. The molecule has 3 atom stereocenters. The summed E-state index contributed by atoms with van der Waals surface area (Å²) in [6, 6.07) is 4.66. The number of nitrogens with one attached hydrogen (secondary N) is 1. The standard InChI is InChI=1S/C16H19ClN2OS/c1-8-6-10(17)7-12-13-9(2)16(3,20-14(8)12)19(11-4-5-11)15(21)18-13/h6-7,9,11,13H,4-5H2,1-3H3,(H,18,21). The Hall–Kier alpha value is -1.00. The van der Waals surface area contributed by atoms with Gasteiger partial charge in [0.05, 0.1) is 6.04 Å². The summed E-state index contributed by atoms with van der Waals surface area (Å²) in [5, 5.41) is 5.09. The van der Waals surface area contributed by atoms with E-state index in [4.69, 9.17) is 28.6 Å². The summed E-state index contributed by atoms with van der Waals surface area (Å²) in [7, 11) is 0. The Morgan fingerprint density at radius 1 is 1.43 bits per heavy atom. The van der Waals surface area contributed by atoms with Gasteiger partial charge in [0.1, 0.15) is 5.75 Å². The van der Waals surface area contributed by atoms with E-state index in [0.717, 1.165) is 27.0 Å². The van der Waals surface area contributed by atoms with Crippen molar-refractivity contribution in [2.45, 2.75) is 51.4 Å². The average Bonchev–Trinajstić information content (AvgIpc) is 3.20. The van der Waals surface area contributed by atoms with E-state index < -0.39 is 0 Å². The third-order valence-corrected chi connectivity index (χ3v) is 5.68. The second-order valence-electron chi connectivity index (χ2n) is 6.61. The fourth-order valence-electron chi connectivity index (χ4n) is 3.74. The number of fused-ring (bicyclic) bond motifs is 4. The lowest BCUT2D eigenvalue weighted by molar-refractivity contribution is -0.114. The van der Waals surface area contributed by atoms with Crippen LogP contribution in [0.1, 0.15) is 43.9 Å². The second kappa shape index (κ2) is 4.26. The largest absolute Gasteiger partial charge is 0.467 e. The number of nitrogens with zero attached hydrogens (tertiary/aromatic N) is 1. The fraction of sp³-hybridized carbons (Fsp3) is 0.562. The molecule has 0 radical (unpaired) electrons. The molecule has 3 unspecified atom stereocenters. The maximum Gasteiger partial charge on any atom is 0.187 e. The molecule has 4 rings (SSSR count). The van der Waals surface area contributed by atoms with Crippen LogP contribution in [0.15, 0.2) is 12.1 Å². The highest BCUT2D eigenvalue weighted by molar-refractivity contribution is 7.80. The van der Waals surface area contributed by atoms with Crippen molar-refractivity contribution in [1.82, 2.24) is 10.2 Å². The number of halogens is 1. The lowest BCUT2D eigenvalue weighted by Gasteiger charge is -2.56. The summed E-state index contributed by atoms with van der Waals surface area (Å²) in [5.74, 6) is 1.26. The van der Waals surface area contributed by atoms with Crippen LogP contribution in [0.5, 0.6) is 5.75 Å². The first-order valence-electron chi connectivity index (χ1n) is 7.50. The zero-order valence-electron chi connectivity index (χ0n) is 12.4.